The van der Waals surface area contributed by atoms with Crippen molar-refractivity contribution in [2.45, 2.75) is 6.61 Å². The van der Waals surface area contributed by atoms with Gasteiger partial charge in [-0.1, -0.05) is 11.2 Å². The molecule has 0 aliphatic carbocycles. The van der Waals surface area contributed by atoms with Crippen molar-refractivity contribution in [3.05, 3.63) is 34.3 Å². The third-order valence-electron chi connectivity index (χ3n) is 1.79. The topological polar surface area (TPSA) is 59.2 Å². The minimum Gasteiger partial charge on any atom is -0.388 e. The molecule has 1 aromatic carbocycles. The van der Waals surface area contributed by atoms with E-state index in [1.54, 1.807) is 12.1 Å². The van der Waals surface area contributed by atoms with Crippen molar-refractivity contribution in [3.63, 3.8) is 0 Å². The molecule has 2 rings (SSSR count). The fourth-order valence-corrected chi connectivity index (χ4v) is 1.46. The number of rotatable bonds is 2. The average Bonchev–Trinajstić information content (AvgIpc) is 2.70. The predicted octanol–water partition coefficient (Wildman–Crippen LogP) is 2.13. The Morgan fingerprint density at radius 1 is 1.47 bits per heavy atom. The van der Waals surface area contributed by atoms with Crippen LogP contribution in [0.3, 0.4) is 0 Å². The van der Waals surface area contributed by atoms with Gasteiger partial charge >= 0.3 is 0 Å². The molecule has 0 unspecified atom stereocenters. The Bertz CT molecular complexity index is 487. The summed E-state index contributed by atoms with van der Waals surface area (Å²) in [5.41, 5.74) is 0.205. The van der Waals surface area contributed by atoms with Gasteiger partial charge in [-0.05, 0) is 28.1 Å². The maximum absolute atomic E-state index is 13.6. The molecule has 0 aliphatic rings. The van der Waals surface area contributed by atoms with Crippen LogP contribution in [-0.4, -0.2) is 15.2 Å². The van der Waals surface area contributed by atoms with Gasteiger partial charge in [0.1, 0.15) is 12.4 Å². The molecule has 2 aromatic rings. The lowest BCUT2D eigenvalue weighted by molar-refractivity contribution is 0.264. The largest absolute Gasteiger partial charge is 0.388 e. The van der Waals surface area contributed by atoms with Crippen molar-refractivity contribution in [2.24, 2.45) is 0 Å². The smallest absolute Gasteiger partial charge is 0.261 e. The van der Waals surface area contributed by atoms with E-state index in [9.17, 15) is 4.39 Å². The standard InChI is InChI=1S/C9H6BrFN2O2/c10-6-3-1-2-5(8(6)11)9-12-7(4-14)13-15-9/h1-3,14H,4H2. The highest BCUT2D eigenvalue weighted by molar-refractivity contribution is 9.10. The number of benzene rings is 1. The Hall–Kier alpha value is -1.27. The second-order valence-electron chi connectivity index (χ2n) is 2.78. The van der Waals surface area contributed by atoms with Crippen LogP contribution in [0.1, 0.15) is 5.82 Å². The Morgan fingerprint density at radius 2 is 2.27 bits per heavy atom. The third-order valence-corrected chi connectivity index (χ3v) is 2.40. The SMILES string of the molecule is OCc1noc(-c2cccc(Br)c2F)n1. The van der Waals surface area contributed by atoms with Gasteiger partial charge in [-0.3, -0.25) is 0 Å². The van der Waals surface area contributed by atoms with Gasteiger partial charge < -0.3 is 9.63 Å². The van der Waals surface area contributed by atoms with Gasteiger partial charge in [0.15, 0.2) is 5.82 Å². The number of aliphatic hydroxyl groups is 1. The minimum absolute atomic E-state index is 0.0536. The van der Waals surface area contributed by atoms with Crippen molar-refractivity contribution in [3.8, 4) is 11.5 Å². The van der Waals surface area contributed by atoms with Crippen LogP contribution in [-0.2, 0) is 6.61 Å². The Kier molecular flexibility index (Phi) is 2.79. The molecule has 6 heteroatoms. The molecular weight excluding hydrogens is 267 g/mol. The zero-order chi connectivity index (χ0) is 10.8. The van der Waals surface area contributed by atoms with Crippen LogP contribution in [0.2, 0.25) is 0 Å². The normalized spacial score (nSPS) is 10.6. The fourth-order valence-electron chi connectivity index (χ4n) is 1.10. The first-order chi connectivity index (χ1) is 7.22. The summed E-state index contributed by atoms with van der Waals surface area (Å²) >= 11 is 3.05. The van der Waals surface area contributed by atoms with Gasteiger partial charge in [-0.25, -0.2) is 4.39 Å². The molecule has 1 aromatic heterocycles. The maximum Gasteiger partial charge on any atom is 0.261 e. The van der Waals surface area contributed by atoms with Crippen LogP contribution in [0.25, 0.3) is 11.5 Å². The molecule has 0 saturated heterocycles. The Balaban J connectivity index is 2.49. The minimum atomic E-state index is -0.467. The van der Waals surface area contributed by atoms with Crippen molar-refractivity contribution in [2.75, 3.05) is 0 Å². The van der Waals surface area contributed by atoms with Gasteiger partial charge in [0.05, 0.1) is 10.0 Å². The summed E-state index contributed by atoms with van der Waals surface area (Å²) in [6, 6.07) is 4.75. The van der Waals surface area contributed by atoms with E-state index in [0.29, 0.717) is 4.47 Å². The number of hydrogen-bond donors (Lipinski definition) is 1. The molecular formula is C9H6BrFN2O2. The first-order valence-corrected chi connectivity index (χ1v) is 4.89. The molecule has 0 amide bonds. The van der Waals surface area contributed by atoms with E-state index in [2.05, 4.69) is 26.1 Å². The van der Waals surface area contributed by atoms with Crippen LogP contribution in [0.4, 0.5) is 4.39 Å². The van der Waals surface area contributed by atoms with Gasteiger partial charge in [-0.15, -0.1) is 0 Å². The van der Waals surface area contributed by atoms with Crippen LogP contribution in [0.5, 0.6) is 0 Å². The zero-order valence-corrected chi connectivity index (χ0v) is 9.03. The molecule has 1 N–H and O–H groups in total. The lowest BCUT2D eigenvalue weighted by Gasteiger charge is -1.98. The van der Waals surface area contributed by atoms with E-state index < -0.39 is 5.82 Å². The van der Waals surface area contributed by atoms with Gasteiger partial charge in [0.2, 0.25) is 0 Å². The molecule has 0 spiro atoms. The van der Waals surface area contributed by atoms with E-state index in [1.165, 1.54) is 6.07 Å². The molecule has 0 radical (unpaired) electrons. The highest BCUT2D eigenvalue weighted by Gasteiger charge is 2.14. The molecule has 0 atom stereocenters. The van der Waals surface area contributed by atoms with E-state index in [1.807, 2.05) is 0 Å². The molecule has 0 fully saturated rings. The molecule has 78 valence electrons. The van der Waals surface area contributed by atoms with Crippen LogP contribution < -0.4 is 0 Å². The molecule has 0 aliphatic heterocycles. The summed E-state index contributed by atoms with van der Waals surface area (Å²) in [6.07, 6.45) is 0. The number of halogens is 2. The quantitative estimate of drug-likeness (QED) is 0.910. The van der Waals surface area contributed by atoms with Gasteiger partial charge in [0, 0.05) is 0 Å². The first kappa shape index (κ1) is 10.3. The molecule has 0 bridgehead atoms. The average molecular weight is 273 g/mol. The van der Waals surface area contributed by atoms with Crippen molar-refractivity contribution >= 4 is 15.9 Å². The second kappa shape index (κ2) is 4.08. The second-order valence-corrected chi connectivity index (χ2v) is 3.63. The van der Waals surface area contributed by atoms with Crippen molar-refractivity contribution < 1.29 is 14.0 Å². The predicted molar refractivity (Wildman–Crippen MR) is 53.3 cm³/mol. The first-order valence-electron chi connectivity index (χ1n) is 4.10. The van der Waals surface area contributed by atoms with E-state index in [4.69, 9.17) is 9.63 Å². The summed E-state index contributed by atoms with van der Waals surface area (Å²) in [5, 5.41) is 12.2. The Morgan fingerprint density at radius 3 is 2.93 bits per heavy atom. The highest BCUT2D eigenvalue weighted by Crippen LogP contribution is 2.26. The maximum atomic E-state index is 13.6. The highest BCUT2D eigenvalue weighted by atomic mass is 79.9. The molecule has 4 nitrogen and oxygen atoms in total. The van der Waals surface area contributed by atoms with Crippen molar-refractivity contribution in [1.29, 1.82) is 0 Å². The van der Waals surface area contributed by atoms with Crippen molar-refractivity contribution in [1.82, 2.24) is 10.1 Å². The van der Waals surface area contributed by atoms with Gasteiger partial charge in [0.25, 0.3) is 5.89 Å². The molecule has 15 heavy (non-hydrogen) atoms. The molecule has 0 saturated carbocycles. The summed E-state index contributed by atoms with van der Waals surface area (Å²) in [4.78, 5) is 3.81. The molecule has 1 heterocycles. The van der Waals surface area contributed by atoms with Crippen LogP contribution in [0, 0.1) is 5.82 Å². The lowest BCUT2D eigenvalue weighted by atomic mass is 10.2. The number of hydrogen-bond acceptors (Lipinski definition) is 4. The summed E-state index contributed by atoms with van der Waals surface area (Å²) in [6.45, 7) is -0.334. The number of aromatic nitrogens is 2. The summed E-state index contributed by atoms with van der Waals surface area (Å²) in [7, 11) is 0. The summed E-state index contributed by atoms with van der Waals surface area (Å²) < 4.78 is 18.7. The number of aliphatic hydroxyl groups excluding tert-OH is 1. The fraction of sp³-hybridized carbons (Fsp3) is 0.111. The van der Waals surface area contributed by atoms with E-state index >= 15 is 0 Å². The number of nitrogens with zero attached hydrogens (tertiary/aromatic N) is 2. The zero-order valence-electron chi connectivity index (χ0n) is 7.44. The van der Waals surface area contributed by atoms with E-state index in [-0.39, 0.29) is 23.9 Å². The third kappa shape index (κ3) is 1.91. The van der Waals surface area contributed by atoms with Crippen LogP contribution >= 0.6 is 15.9 Å². The van der Waals surface area contributed by atoms with E-state index in [0.717, 1.165) is 0 Å². The van der Waals surface area contributed by atoms with Gasteiger partial charge in [-0.2, -0.15) is 4.98 Å². The lowest BCUT2D eigenvalue weighted by Crippen LogP contribution is -1.87. The summed E-state index contributed by atoms with van der Waals surface area (Å²) in [5.74, 6) is -0.284. The Labute approximate surface area is 92.9 Å². The van der Waals surface area contributed by atoms with Crippen LogP contribution in [0.15, 0.2) is 27.2 Å². The monoisotopic (exact) mass is 272 g/mol.